The van der Waals surface area contributed by atoms with Crippen LogP contribution in [0.25, 0.3) is 0 Å². The quantitative estimate of drug-likeness (QED) is 0.0222. The Kier molecular flexibility index (Phi) is 66.8. The lowest BCUT2D eigenvalue weighted by Gasteiger charge is -2.21. The van der Waals surface area contributed by atoms with Gasteiger partial charge in [-0.25, -0.2) is 9.13 Å². The number of ether oxygens (including phenoxy) is 4. The number of phosphoric acid groups is 2. The van der Waals surface area contributed by atoms with Crippen molar-refractivity contribution in [2.45, 2.75) is 412 Å². The van der Waals surface area contributed by atoms with E-state index in [2.05, 4.69) is 34.6 Å². The highest BCUT2D eigenvalue weighted by Crippen LogP contribution is 2.45. The number of carbonyl (C=O) groups excluding carboxylic acids is 4. The molecular formula is C75H146O17P2. The molecular weight excluding hydrogens is 1230 g/mol. The molecule has 0 aromatic rings. The third-order valence-electron chi connectivity index (χ3n) is 17.9. The summed E-state index contributed by atoms with van der Waals surface area (Å²) in [7, 11) is -9.90. The molecule has 0 aliphatic carbocycles. The maximum Gasteiger partial charge on any atom is 0.472 e. The summed E-state index contributed by atoms with van der Waals surface area (Å²) in [5.41, 5.74) is 0. The summed E-state index contributed by atoms with van der Waals surface area (Å²) in [5.74, 6) is -1.40. The summed E-state index contributed by atoms with van der Waals surface area (Å²) in [5, 5.41) is 10.6. The molecule has 0 bridgehead atoms. The first-order valence-electron chi connectivity index (χ1n) is 39.2. The Morgan fingerprint density at radius 3 is 0.755 bits per heavy atom. The molecule has 19 heteroatoms. The first kappa shape index (κ1) is 92.1. The average Bonchev–Trinajstić information content (AvgIpc) is 1.29. The van der Waals surface area contributed by atoms with Gasteiger partial charge in [0, 0.05) is 25.7 Å². The van der Waals surface area contributed by atoms with Crippen molar-refractivity contribution < 1.29 is 80.2 Å². The van der Waals surface area contributed by atoms with Gasteiger partial charge in [0.1, 0.15) is 19.3 Å². The van der Waals surface area contributed by atoms with Crippen LogP contribution in [0.1, 0.15) is 394 Å². The largest absolute Gasteiger partial charge is 0.472 e. The Labute approximate surface area is 575 Å². The molecule has 6 atom stereocenters. The Bertz CT molecular complexity index is 1810. The van der Waals surface area contributed by atoms with Crippen molar-refractivity contribution in [2.75, 3.05) is 39.6 Å². The smallest absolute Gasteiger partial charge is 0.462 e. The van der Waals surface area contributed by atoms with Gasteiger partial charge in [0.2, 0.25) is 0 Å². The van der Waals surface area contributed by atoms with Crippen LogP contribution >= 0.6 is 15.6 Å². The SMILES string of the molecule is CCCCCCCCCCCCCCCCCCCCCCCC(=O)O[C@H](COC(=O)CCCCCCCCCCCCCCCC)COP(=O)(O)OC[C@@H](O)COP(=O)(O)OC[C@@H](COC(=O)CCCCCCCCCCC)OC(=O)CCCCCCCCC(C)CC. The maximum absolute atomic E-state index is 13.1. The number of unbranched alkanes of at least 4 members (excludes halogenated alkanes) is 46. The Balaban J connectivity index is 5.18. The van der Waals surface area contributed by atoms with Crippen molar-refractivity contribution in [3.63, 3.8) is 0 Å². The topological polar surface area (TPSA) is 237 Å². The van der Waals surface area contributed by atoms with Gasteiger partial charge in [-0.2, -0.15) is 0 Å². The normalized spacial score (nSPS) is 14.3. The molecule has 558 valence electrons. The van der Waals surface area contributed by atoms with E-state index in [0.29, 0.717) is 25.7 Å². The molecule has 3 unspecified atom stereocenters. The summed E-state index contributed by atoms with van der Waals surface area (Å²) >= 11 is 0. The van der Waals surface area contributed by atoms with E-state index in [1.807, 2.05) is 0 Å². The van der Waals surface area contributed by atoms with E-state index in [9.17, 15) is 43.2 Å². The van der Waals surface area contributed by atoms with Crippen molar-refractivity contribution in [2.24, 2.45) is 5.92 Å². The van der Waals surface area contributed by atoms with Crippen molar-refractivity contribution in [1.29, 1.82) is 0 Å². The van der Waals surface area contributed by atoms with Crippen LogP contribution in [0, 0.1) is 5.92 Å². The highest BCUT2D eigenvalue weighted by atomic mass is 31.2. The van der Waals surface area contributed by atoms with Gasteiger partial charge < -0.3 is 33.8 Å². The number of phosphoric ester groups is 2. The molecule has 3 N–H and O–H groups in total. The zero-order chi connectivity index (χ0) is 69.1. The summed E-state index contributed by atoms with van der Waals surface area (Å²) in [6.07, 6.45) is 57.1. The van der Waals surface area contributed by atoms with E-state index < -0.39 is 97.5 Å². The fourth-order valence-electron chi connectivity index (χ4n) is 11.5. The van der Waals surface area contributed by atoms with Gasteiger partial charge in [-0.1, -0.05) is 343 Å². The lowest BCUT2D eigenvalue weighted by atomic mass is 10.00. The molecule has 0 aromatic carbocycles. The third-order valence-corrected chi connectivity index (χ3v) is 19.8. The molecule has 0 saturated heterocycles. The van der Waals surface area contributed by atoms with Gasteiger partial charge in [0.25, 0.3) is 0 Å². The molecule has 17 nitrogen and oxygen atoms in total. The predicted molar refractivity (Wildman–Crippen MR) is 382 cm³/mol. The molecule has 0 heterocycles. The number of esters is 4. The summed E-state index contributed by atoms with van der Waals surface area (Å²) in [4.78, 5) is 72.6. The van der Waals surface area contributed by atoms with Crippen LogP contribution in [-0.2, 0) is 65.4 Å². The van der Waals surface area contributed by atoms with Crippen LogP contribution < -0.4 is 0 Å². The Morgan fingerprint density at radius 1 is 0.298 bits per heavy atom. The number of aliphatic hydroxyl groups is 1. The standard InChI is InChI=1S/C75H146O17P2/c1-6-10-13-16-19-22-24-26-28-29-30-31-32-33-34-36-38-41-44-50-55-60-74(79)91-70(64-86-73(78)59-54-49-43-40-37-35-27-25-23-20-17-14-11-7-2)66-89-93(81,82)87-62-69(76)63-88-94(83,84)90-67-71(65-85-72(77)58-53-48-42-39-21-18-15-12-8-3)92-75(80)61-56-51-46-45-47-52-57-68(5)9-4/h68-71,76H,6-67H2,1-5H3,(H,81,82)(H,83,84)/t68?,69-,70-,71-/m1/s1. The number of hydrogen-bond donors (Lipinski definition) is 3. The zero-order valence-electron chi connectivity index (χ0n) is 61.1. The molecule has 94 heavy (non-hydrogen) atoms. The second kappa shape index (κ2) is 68.2. The van der Waals surface area contributed by atoms with Crippen molar-refractivity contribution in [3.8, 4) is 0 Å². The number of rotatable bonds is 75. The van der Waals surface area contributed by atoms with Crippen molar-refractivity contribution in [1.82, 2.24) is 0 Å². The minimum atomic E-state index is -4.96. The molecule has 0 aromatic heterocycles. The fourth-order valence-corrected chi connectivity index (χ4v) is 13.1. The lowest BCUT2D eigenvalue weighted by Crippen LogP contribution is -2.30. The van der Waals surface area contributed by atoms with Crippen molar-refractivity contribution in [3.05, 3.63) is 0 Å². The summed E-state index contributed by atoms with van der Waals surface area (Å²) < 4.78 is 68.4. The van der Waals surface area contributed by atoms with Gasteiger partial charge in [0.15, 0.2) is 12.2 Å². The summed E-state index contributed by atoms with van der Waals surface area (Å²) in [6, 6.07) is 0. The van der Waals surface area contributed by atoms with Crippen LogP contribution in [-0.4, -0.2) is 96.7 Å². The number of aliphatic hydroxyl groups excluding tert-OH is 1. The minimum Gasteiger partial charge on any atom is -0.462 e. The molecule has 0 rings (SSSR count). The van der Waals surface area contributed by atoms with E-state index in [4.69, 9.17) is 37.0 Å². The van der Waals surface area contributed by atoms with E-state index in [-0.39, 0.29) is 25.7 Å². The number of hydrogen-bond acceptors (Lipinski definition) is 15. The van der Waals surface area contributed by atoms with E-state index in [1.54, 1.807) is 0 Å². The molecule has 0 aliphatic rings. The highest BCUT2D eigenvalue weighted by Gasteiger charge is 2.30. The molecule has 0 radical (unpaired) electrons. The average molecular weight is 1380 g/mol. The highest BCUT2D eigenvalue weighted by molar-refractivity contribution is 7.47. The maximum atomic E-state index is 13.1. The van der Waals surface area contributed by atoms with Gasteiger partial charge in [-0.15, -0.1) is 0 Å². The van der Waals surface area contributed by atoms with Crippen molar-refractivity contribution >= 4 is 39.5 Å². The number of carbonyl (C=O) groups is 4. The van der Waals surface area contributed by atoms with Gasteiger partial charge in [0.05, 0.1) is 26.4 Å². The first-order chi connectivity index (χ1) is 45.6. The van der Waals surface area contributed by atoms with Crippen LogP contribution in [0.5, 0.6) is 0 Å². The van der Waals surface area contributed by atoms with Gasteiger partial charge >= 0.3 is 39.5 Å². The second-order valence-electron chi connectivity index (χ2n) is 27.3. The lowest BCUT2D eigenvalue weighted by molar-refractivity contribution is -0.161. The molecule has 0 spiro atoms. The van der Waals surface area contributed by atoms with E-state index >= 15 is 0 Å². The second-order valence-corrected chi connectivity index (χ2v) is 30.2. The van der Waals surface area contributed by atoms with E-state index in [1.165, 1.54) is 218 Å². The first-order valence-corrected chi connectivity index (χ1v) is 42.2. The predicted octanol–water partition coefficient (Wildman–Crippen LogP) is 22.1. The Morgan fingerprint density at radius 2 is 0.511 bits per heavy atom. The third kappa shape index (κ3) is 67.3. The van der Waals surface area contributed by atoms with Crippen LogP contribution in [0.2, 0.25) is 0 Å². The molecule has 0 saturated carbocycles. The summed E-state index contributed by atoms with van der Waals surface area (Å²) in [6.45, 7) is 7.22. The molecule has 0 aliphatic heterocycles. The molecule has 0 fully saturated rings. The van der Waals surface area contributed by atoms with Gasteiger partial charge in [-0.3, -0.25) is 37.3 Å². The van der Waals surface area contributed by atoms with Crippen LogP contribution in [0.3, 0.4) is 0 Å². The Hall–Kier alpha value is -1.94. The van der Waals surface area contributed by atoms with E-state index in [0.717, 1.165) is 95.8 Å². The fraction of sp³-hybridized carbons (Fsp3) is 0.947. The minimum absolute atomic E-state index is 0.103. The van der Waals surface area contributed by atoms with Crippen LogP contribution in [0.4, 0.5) is 0 Å². The monoisotopic (exact) mass is 1380 g/mol. The molecule has 0 amide bonds. The zero-order valence-corrected chi connectivity index (χ0v) is 62.9. The van der Waals surface area contributed by atoms with Crippen LogP contribution in [0.15, 0.2) is 0 Å². The van der Waals surface area contributed by atoms with Gasteiger partial charge in [-0.05, 0) is 31.6 Å².